The molecule has 1 aliphatic rings. The summed E-state index contributed by atoms with van der Waals surface area (Å²) >= 11 is 0. The third-order valence-electron chi connectivity index (χ3n) is 8.72. The molecule has 1 heterocycles. The molecule has 0 saturated carbocycles. The van der Waals surface area contributed by atoms with E-state index in [4.69, 9.17) is 0 Å². The van der Waals surface area contributed by atoms with Crippen molar-refractivity contribution in [1.82, 2.24) is 16.0 Å². The van der Waals surface area contributed by atoms with E-state index in [2.05, 4.69) is 55.8 Å². The predicted octanol–water partition coefficient (Wildman–Crippen LogP) is 7.59. The maximum absolute atomic E-state index is 15.1. The number of hydrogen-bond acceptors (Lipinski definition) is 3. The highest BCUT2D eigenvalue weighted by Crippen LogP contribution is 2.30. The number of halogens is 1. The van der Waals surface area contributed by atoms with Crippen molar-refractivity contribution in [2.75, 3.05) is 6.54 Å². The van der Waals surface area contributed by atoms with E-state index < -0.39 is 11.8 Å². The van der Waals surface area contributed by atoms with Crippen LogP contribution in [0, 0.1) is 5.82 Å². The van der Waals surface area contributed by atoms with Crippen LogP contribution in [0.2, 0.25) is 0 Å². The lowest BCUT2D eigenvalue weighted by Gasteiger charge is -2.46. The average Bonchev–Trinajstić information content (AvgIpc) is 3.00. The topological polar surface area (TPSA) is 70.2 Å². The molecule has 0 unspecified atom stereocenters. The molecule has 3 N–H and O–H groups in total. The number of carbonyl (C=O) groups excluding carboxylic acids is 2. The molecule has 1 aliphatic heterocycles. The molecule has 45 heavy (non-hydrogen) atoms. The molecule has 0 aliphatic carbocycles. The van der Waals surface area contributed by atoms with Gasteiger partial charge in [-0.25, -0.2) is 4.39 Å². The number of benzene rings is 4. The highest BCUT2D eigenvalue weighted by molar-refractivity contribution is 5.87. The van der Waals surface area contributed by atoms with E-state index in [0.29, 0.717) is 11.1 Å². The summed E-state index contributed by atoms with van der Waals surface area (Å²) in [5.74, 6) is -1.94. The molecule has 6 heteroatoms. The quantitative estimate of drug-likeness (QED) is 0.184. The van der Waals surface area contributed by atoms with Gasteiger partial charge in [0.1, 0.15) is 5.82 Å². The molecule has 4 aromatic rings. The Balaban J connectivity index is 1.33. The highest BCUT2D eigenvalue weighted by atomic mass is 19.1. The lowest BCUT2D eigenvalue weighted by molar-refractivity contribution is -0.124. The van der Waals surface area contributed by atoms with E-state index in [-0.39, 0.29) is 41.3 Å². The Labute approximate surface area is 266 Å². The molecule has 5 rings (SSSR count). The second kappa shape index (κ2) is 13.4. The molecule has 0 spiro atoms. The van der Waals surface area contributed by atoms with E-state index in [1.807, 2.05) is 72.8 Å². The fraction of sp³-hybridized carbons (Fsp3) is 0.333. The Kier molecular flexibility index (Phi) is 9.54. The maximum atomic E-state index is 15.1. The van der Waals surface area contributed by atoms with Crippen molar-refractivity contribution in [2.45, 2.75) is 76.4 Å². The van der Waals surface area contributed by atoms with Gasteiger partial charge < -0.3 is 16.0 Å². The number of carbonyl (C=O) groups is 2. The summed E-state index contributed by atoms with van der Waals surface area (Å²) in [7, 11) is 0. The van der Waals surface area contributed by atoms with Crippen molar-refractivity contribution in [3.05, 3.63) is 120 Å². The Hall–Kier alpha value is -4.29. The van der Waals surface area contributed by atoms with Crippen molar-refractivity contribution in [3.8, 4) is 22.3 Å². The van der Waals surface area contributed by atoms with Gasteiger partial charge in [0.2, 0.25) is 11.8 Å². The van der Waals surface area contributed by atoms with Gasteiger partial charge in [-0.1, -0.05) is 97.1 Å². The van der Waals surface area contributed by atoms with Crippen molar-refractivity contribution < 1.29 is 14.0 Å². The lowest BCUT2D eigenvalue weighted by atomic mass is 9.79. The zero-order chi connectivity index (χ0) is 32.2. The van der Waals surface area contributed by atoms with Crippen LogP contribution in [0.25, 0.3) is 22.3 Å². The SMILES string of the molecule is C[C@@H](C(=O)NC[C@H](C(=O)NC1CC(C)(C)NC(C)(C)C1)c1ccc(-c2ccccc2)cc1)c1ccc(-c2ccccc2)c(F)c1. The second-order valence-electron chi connectivity index (χ2n) is 13.6. The standard InChI is InChI=1S/C39H44FN3O2/c1-26(31-20-21-33(35(40)22-31)29-14-10-7-11-15-29)36(44)41-25-34(30-18-16-28(17-19-30)27-12-8-6-9-13-27)37(45)42-32-23-38(2,3)43-39(4,5)24-32/h6-22,26,32,34,43H,23-25H2,1-5H3,(H,41,44)(H,42,45)/t26-,34+/m1/s1. The Morgan fingerprint density at radius 1 is 0.756 bits per heavy atom. The van der Waals surface area contributed by atoms with Crippen LogP contribution in [-0.4, -0.2) is 35.5 Å². The number of nitrogens with one attached hydrogen (secondary N) is 3. The van der Waals surface area contributed by atoms with Gasteiger partial charge in [0.25, 0.3) is 0 Å². The van der Waals surface area contributed by atoms with Gasteiger partial charge in [0, 0.05) is 29.2 Å². The maximum Gasteiger partial charge on any atom is 0.229 e. The normalized spacial score (nSPS) is 17.2. The van der Waals surface area contributed by atoms with Gasteiger partial charge in [-0.3, -0.25) is 9.59 Å². The first-order chi connectivity index (χ1) is 21.4. The van der Waals surface area contributed by atoms with Crippen molar-refractivity contribution >= 4 is 11.8 Å². The number of hydrogen-bond donors (Lipinski definition) is 3. The fourth-order valence-corrected chi connectivity index (χ4v) is 6.79. The van der Waals surface area contributed by atoms with Crippen molar-refractivity contribution in [2.24, 2.45) is 0 Å². The van der Waals surface area contributed by atoms with Crippen molar-refractivity contribution in [1.29, 1.82) is 0 Å². The summed E-state index contributed by atoms with van der Waals surface area (Å²) in [6, 6.07) is 32.3. The van der Waals surface area contributed by atoms with E-state index in [1.54, 1.807) is 19.1 Å². The van der Waals surface area contributed by atoms with Crippen LogP contribution in [0.5, 0.6) is 0 Å². The molecular weight excluding hydrogens is 561 g/mol. The molecule has 234 valence electrons. The van der Waals surface area contributed by atoms with Gasteiger partial charge in [0.05, 0.1) is 11.8 Å². The highest BCUT2D eigenvalue weighted by Gasteiger charge is 2.39. The van der Waals surface area contributed by atoms with Crippen molar-refractivity contribution in [3.63, 3.8) is 0 Å². The predicted molar refractivity (Wildman–Crippen MR) is 180 cm³/mol. The van der Waals surface area contributed by atoms with Gasteiger partial charge in [-0.2, -0.15) is 0 Å². The number of amides is 2. The van der Waals surface area contributed by atoms with Crippen LogP contribution < -0.4 is 16.0 Å². The minimum absolute atomic E-state index is 0.00410. The monoisotopic (exact) mass is 605 g/mol. The second-order valence-corrected chi connectivity index (χ2v) is 13.6. The smallest absolute Gasteiger partial charge is 0.229 e. The Morgan fingerprint density at radius 2 is 1.29 bits per heavy atom. The first-order valence-electron chi connectivity index (χ1n) is 15.8. The Bertz CT molecular complexity index is 1600. The molecule has 0 radical (unpaired) electrons. The van der Waals surface area contributed by atoms with Crippen LogP contribution in [-0.2, 0) is 9.59 Å². The van der Waals surface area contributed by atoms with Gasteiger partial charge in [0.15, 0.2) is 0 Å². The summed E-state index contributed by atoms with van der Waals surface area (Å²) in [6.45, 7) is 10.5. The molecule has 1 fully saturated rings. The summed E-state index contributed by atoms with van der Waals surface area (Å²) in [5.41, 5.74) is 4.58. The molecule has 0 aromatic heterocycles. The van der Waals surface area contributed by atoms with Crippen LogP contribution in [0.15, 0.2) is 103 Å². The zero-order valence-corrected chi connectivity index (χ0v) is 26.9. The largest absolute Gasteiger partial charge is 0.354 e. The van der Waals surface area contributed by atoms with E-state index in [1.165, 1.54) is 6.07 Å². The minimum Gasteiger partial charge on any atom is -0.354 e. The Morgan fingerprint density at radius 3 is 1.87 bits per heavy atom. The number of rotatable bonds is 9. The van der Waals surface area contributed by atoms with Gasteiger partial charge in [-0.15, -0.1) is 0 Å². The van der Waals surface area contributed by atoms with E-state index in [9.17, 15) is 9.59 Å². The summed E-state index contributed by atoms with van der Waals surface area (Å²) in [4.78, 5) is 27.3. The third-order valence-corrected chi connectivity index (χ3v) is 8.72. The molecule has 0 bridgehead atoms. The van der Waals surface area contributed by atoms with E-state index in [0.717, 1.165) is 35.1 Å². The van der Waals surface area contributed by atoms with Crippen LogP contribution in [0.4, 0.5) is 4.39 Å². The zero-order valence-electron chi connectivity index (χ0n) is 26.9. The van der Waals surface area contributed by atoms with Crippen LogP contribution >= 0.6 is 0 Å². The fourth-order valence-electron chi connectivity index (χ4n) is 6.79. The molecule has 4 aromatic carbocycles. The molecular formula is C39H44FN3O2. The summed E-state index contributed by atoms with van der Waals surface area (Å²) < 4.78 is 15.1. The van der Waals surface area contributed by atoms with Crippen LogP contribution in [0.3, 0.4) is 0 Å². The molecule has 2 atom stereocenters. The first kappa shape index (κ1) is 32.1. The van der Waals surface area contributed by atoms with Crippen LogP contribution in [0.1, 0.15) is 70.4 Å². The summed E-state index contributed by atoms with van der Waals surface area (Å²) in [5, 5.41) is 9.98. The van der Waals surface area contributed by atoms with E-state index >= 15 is 4.39 Å². The van der Waals surface area contributed by atoms with Gasteiger partial charge >= 0.3 is 0 Å². The first-order valence-corrected chi connectivity index (χ1v) is 15.8. The molecule has 5 nitrogen and oxygen atoms in total. The molecule has 2 amide bonds. The molecule has 1 saturated heterocycles. The number of piperidine rings is 1. The lowest BCUT2D eigenvalue weighted by Crippen LogP contribution is -2.62. The third kappa shape index (κ3) is 8.06. The minimum atomic E-state index is -0.598. The van der Waals surface area contributed by atoms with Gasteiger partial charge in [-0.05, 0) is 81.3 Å². The summed E-state index contributed by atoms with van der Waals surface area (Å²) in [6.07, 6.45) is 1.60. The average molecular weight is 606 g/mol.